The van der Waals surface area contributed by atoms with E-state index in [0.717, 1.165) is 26.6 Å². The third kappa shape index (κ3) is 2.31. The number of thiazole rings is 1. The van der Waals surface area contributed by atoms with E-state index in [-0.39, 0.29) is 5.92 Å². The SMILES string of the molecule is C=CC=C(C)C(C#N)c1nc2ccc(C)nc2s1. The van der Waals surface area contributed by atoms with Crippen LogP contribution in [0.4, 0.5) is 0 Å². The van der Waals surface area contributed by atoms with Crippen molar-refractivity contribution in [3.8, 4) is 6.07 Å². The zero-order valence-corrected chi connectivity index (χ0v) is 11.2. The highest BCUT2D eigenvalue weighted by Crippen LogP contribution is 2.30. The smallest absolute Gasteiger partial charge is 0.143 e. The summed E-state index contributed by atoms with van der Waals surface area (Å²) in [6.45, 7) is 7.52. The summed E-state index contributed by atoms with van der Waals surface area (Å²) in [6.07, 6.45) is 3.54. The molecular formula is C14H13N3S. The van der Waals surface area contributed by atoms with Crippen LogP contribution in [-0.4, -0.2) is 9.97 Å². The van der Waals surface area contributed by atoms with Crippen molar-refractivity contribution in [1.82, 2.24) is 9.97 Å². The van der Waals surface area contributed by atoms with E-state index in [0.29, 0.717) is 0 Å². The molecule has 0 fully saturated rings. The quantitative estimate of drug-likeness (QED) is 0.785. The maximum atomic E-state index is 9.28. The molecule has 3 nitrogen and oxygen atoms in total. The summed E-state index contributed by atoms with van der Waals surface area (Å²) in [4.78, 5) is 9.80. The number of allylic oxidation sites excluding steroid dienone is 3. The molecule has 0 aliphatic heterocycles. The van der Waals surface area contributed by atoms with Crippen LogP contribution < -0.4 is 0 Å². The molecule has 2 heterocycles. The first-order chi connectivity index (χ1) is 8.65. The van der Waals surface area contributed by atoms with Gasteiger partial charge in [0.25, 0.3) is 0 Å². The van der Waals surface area contributed by atoms with Gasteiger partial charge in [0, 0.05) is 5.69 Å². The van der Waals surface area contributed by atoms with Crippen molar-refractivity contribution in [2.75, 3.05) is 0 Å². The Labute approximate surface area is 110 Å². The van der Waals surface area contributed by atoms with Crippen LogP contribution in [0.25, 0.3) is 10.3 Å². The van der Waals surface area contributed by atoms with Gasteiger partial charge in [-0.2, -0.15) is 5.26 Å². The molecule has 0 aliphatic rings. The molecule has 0 spiro atoms. The van der Waals surface area contributed by atoms with E-state index in [1.54, 1.807) is 6.08 Å². The summed E-state index contributed by atoms with van der Waals surface area (Å²) in [7, 11) is 0. The number of rotatable bonds is 3. The number of fused-ring (bicyclic) bond motifs is 1. The first-order valence-electron chi connectivity index (χ1n) is 5.58. The van der Waals surface area contributed by atoms with Crippen molar-refractivity contribution in [2.45, 2.75) is 19.8 Å². The second-order valence-electron chi connectivity index (χ2n) is 4.04. The van der Waals surface area contributed by atoms with Crippen molar-refractivity contribution in [3.05, 3.63) is 47.1 Å². The minimum Gasteiger partial charge on any atom is -0.241 e. The summed E-state index contributed by atoms with van der Waals surface area (Å²) in [6, 6.07) is 6.16. The maximum absolute atomic E-state index is 9.28. The Morgan fingerprint density at radius 2 is 2.28 bits per heavy atom. The van der Waals surface area contributed by atoms with E-state index >= 15 is 0 Å². The fraction of sp³-hybridized carbons (Fsp3) is 0.214. The van der Waals surface area contributed by atoms with Crippen LogP contribution in [-0.2, 0) is 0 Å². The van der Waals surface area contributed by atoms with E-state index < -0.39 is 0 Å². The maximum Gasteiger partial charge on any atom is 0.143 e. The molecule has 0 radical (unpaired) electrons. The zero-order valence-electron chi connectivity index (χ0n) is 10.3. The molecule has 2 aromatic rings. The molecule has 0 saturated carbocycles. The number of pyridine rings is 1. The average molecular weight is 255 g/mol. The van der Waals surface area contributed by atoms with Gasteiger partial charge in [-0.15, -0.1) is 0 Å². The van der Waals surface area contributed by atoms with Gasteiger partial charge in [0.05, 0.1) is 6.07 Å². The van der Waals surface area contributed by atoms with E-state index in [1.807, 2.05) is 32.1 Å². The van der Waals surface area contributed by atoms with Gasteiger partial charge in [-0.3, -0.25) is 0 Å². The molecular weight excluding hydrogens is 242 g/mol. The van der Waals surface area contributed by atoms with E-state index in [2.05, 4.69) is 22.6 Å². The first-order valence-corrected chi connectivity index (χ1v) is 6.40. The second-order valence-corrected chi connectivity index (χ2v) is 5.05. The Balaban J connectivity index is 2.50. The number of nitriles is 1. The minimum atomic E-state index is -0.317. The van der Waals surface area contributed by atoms with Crippen LogP contribution in [0.5, 0.6) is 0 Å². The summed E-state index contributed by atoms with van der Waals surface area (Å²) < 4.78 is 0. The standard InChI is InChI=1S/C14H13N3S/c1-4-5-9(2)11(8-15)13-17-12-7-6-10(3)16-14(12)18-13/h4-7,11H,1H2,2-3H3. The molecule has 90 valence electrons. The Kier molecular flexibility index (Phi) is 3.54. The van der Waals surface area contributed by atoms with Gasteiger partial charge in [-0.1, -0.05) is 30.1 Å². The average Bonchev–Trinajstić information content (AvgIpc) is 2.72. The minimum absolute atomic E-state index is 0.317. The van der Waals surface area contributed by atoms with Crippen LogP contribution in [0.1, 0.15) is 23.5 Å². The Morgan fingerprint density at radius 1 is 1.50 bits per heavy atom. The van der Waals surface area contributed by atoms with Crippen LogP contribution in [0.2, 0.25) is 0 Å². The second kappa shape index (κ2) is 5.11. The predicted molar refractivity (Wildman–Crippen MR) is 74.5 cm³/mol. The van der Waals surface area contributed by atoms with Gasteiger partial charge in [0.15, 0.2) is 0 Å². The highest BCUT2D eigenvalue weighted by molar-refractivity contribution is 7.18. The van der Waals surface area contributed by atoms with Gasteiger partial charge >= 0.3 is 0 Å². The molecule has 2 rings (SSSR count). The lowest BCUT2D eigenvalue weighted by Gasteiger charge is -2.04. The summed E-state index contributed by atoms with van der Waals surface area (Å²) in [5.41, 5.74) is 2.76. The largest absolute Gasteiger partial charge is 0.241 e. The third-order valence-electron chi connectivity index (χ3n) is 2.62. The van der Waals surface area contributed by atoms with Crippen LogP contribution in [0.3, 0.4) is 0 Å². The topological polar surface area (TPSA) is 49.6 Å². The van der Waals surface area contributed by atoms with E-state index in [4.69, 9.17) is 0 Å². The molecule has 18 heavy (non-hydrogen) atoms. The van der Waals surface area contributed by atoms with E-state index in [1.165, 1.54) is 11.3 Å². The fourth-order valence-electron chi connectivity index (χ4n) is 1.68. The van der Waals surface area contributed by atoms with Crippen molar-refractivity contribution in [3.63, 3.8) is 0 Å². The highest BCUT2D eigenvalue weighted by Gasteiger charge is 2.17. The lowest BCUT2D eigenvalue weighted by Crippen LogP contribution is -1.96. The molecule has 0 bridgehead atoms. The molecule has 1 unspecified atom stereocenters. The zero-order chi connectivity index (χ0) is 13.1. The monoisotopic (exact) mass is 255 g/mol. The summed E-state index contributed by atoms with van der Waals surface area (Å²) in [5.74, 6) is -0.317. The van der Waals surface area contributed by atoms with Gasteiger partial charge in [-0.25, -0.2) is 9.97 Å². The number of aromatic nitrogens is 2. The normalized spacial score (nSPS) is 13.3. The number of aryl methyl sites for hydroxylation is 1. The van der Waals surface area contributed by atoms with Crippen LogP contribution >= 0.6 is 11.3 Å². The number of nitrogens with zero attached hydrogens (tertiary/aromatic N) is 3. The Hall–Kier alpha value is -1.99. The molecule has 0 amide bonds. The summed E-state index contributed by atoms with van der Waals surface area (Å²) >= 11 is 1.48. The number of hydrogen-bond acceptors (Lipinski definition) is 4. The summed E-state index contributed by atoms with van der Waals surface area (Å²) in [5, 5.41) is 10.1. The first kappa shape index (κ1) is 12.5. The third-order valence-corrected chi connectivity index (χ3v) is 3.65. The van der Waals surface area contributed by atoms with Gasteiger partial charge in [-0.05, 0) is 31.6 Å². The molecule has 0 saturated heterocycles. The predicted octanol–water partition coefficient (Wildman–Crippen LogP) is 3.74. The molecule has 1 atom stereocenters. The Bertz CT molecular complexity index is 661. The lowest BCUT2D eigenvalue weighted by atomic mass is 10.0. The number of hydrogen-bond donors (Lipinski definition) is 0. The van der Waals surface area contributed by atoms with Gasteiger partial charge in [0.1, 0.15) is 21.3 Å². The van der Waals surface area contributed by atoms with Crippen molar-refractivity contribution in [2.24, 2.45) is 0 Å². The molecule has 0 aliphatic carbocycles. The molecule has 0 aromatic carbocycles. The van der Waals surface area contributed by atoms with Crippen LogP contribution in [0, 0.1) is 18.3 Å². The highest BCUT2D eigenvalue weighted by atomic mass is 32.1. The Morgan fingerprint density at radius 3 is 2.94 bits per heavy atom. The fourth-order valence-corrected chi connectivity index (χ4v) is 2.79. The molecule has 2 aromatic heterocycles. The lowest BCUT2D eigenvalue weighted by molar-refractivity contribution is 0.986. The van der Waals surface area contributed by atoms with Crippen molar-refractivity contribution < 1.29 is 0 Å². The van der Waals surface area contributed by atoms with Crippen LogP contribution in [0.15, 0.2) is 36.4 Å². The van der Waals surface area contributed by atoms with Gasteiger partial charge < -0.3 is 0 Å². The molecule has 4 heteroatoms. The van der Waals surface area contributed by atoms with Crippen molar-refractivity contribution in [1.29, 1.82) is 5.26 Å². The van der Waals surface area contributed by atoms with Gasteiger partial charge in [0.2, 0.25) is 0 Å². The van der Waals surface area contributed by atoms with E-state index in [9.17, 15) is 5.26 Å². The molecule has 0 N–H and O–H groups in total. The van der Waals surface area contributed by atoms with Crippen molar-refractivity contribution >= 4 is 21.7 Å².